The number of fused-ring (bicyclic) bond motifs is 1. The fraction of sp³-hybridized carbons (Fsp3) is 0.267. The average Bonchev–Trinajstić information content (AvgIpc) is 2.90. The van der Waals surface area contributed by atoms with Crippen molar-refractivity contribution < 1.29 is 4.79 Å². The molecule has 3 rings (SSSR count). The fourth-order valence-corrected chi connectivity index (χ4v) is 2.11. The van der Waals surface area contributed by atoms with Gasteiger partial charge in [-0.1, -0.05) is 6.07 Å². The van der Waals surface area contributed by atoms with E-state index in [1.54, 1.807) is 34.8 Å². The first-order chi connectivity index (χ1) is 11.0. The number of aryl methyl sites for hydroxylation is 2. The maximum atomic E-state index is 12.1. The second kappa shape index (κ2) is 5.99. The zero-order valence-corrected chi connectivity index (χ0v) is 13.2. The lowest BCUT2D eigenvalue weighted by Crippen LogP contribution is -2.31. The van der Waals surface area contributed by atoms with Gasteiger partial charge in [-0.2, -0.15) is 4.52 Å². The second-order valence-corrected chi connectivity index (χ2v) is 5.33. The Hall–Kier alpha value is -3.03. The van der Waals surface area contributed by atoms with Crippen molar-refractivity contribution in [3.05, 3.63) is 41.9 Å². The van der Waals surface area contributed by atoms with E-state index in [2.05, 4.69) is 25.6 Å². The van der Waals surface area contributed by atoms with Crippen molar-refractivity contribution in [2.24, 2.45) is 0 Å². The van der Waals surface area contributed by atoms with Crippen LogP contribution in [0.25, 0.3) is 5.65 Å². The Kier molecular flexibility index (Phi) is 3.88. The summed E-state index contributed by atoms with van der Waals surface area (Å²) >= 11 is 0. The number of hydrogen-bond donors (Lipinski definition) is 1. The number of pyridine rings is 1. The maximum absolute atomic E-state index is 12.1. The summed E-state index contributed by atoms with van der Waals surface area (Å²) in [6.45, 7) is 3.93. The Morgan fingerprint density at radius 3 is 2.78 bits per heavy atom. The number of rotatable bonds is 4. The molecule has 8 heteroatoms. The zero-order chi connectivity index (χ0) is 16.4. The maximum Gasteiger partial charge on any atom is 0.245 e. The zero-order valence-electron chi connectivity index (χ0n) is 13.2. The number of aromatic nitrogens is 5. The third-order valence-electron chi connectivity index (χ3n) is 3.36. The molecule has 3 aromatic heterocycles. The van der Waals surface area contributed by atoms with Crippen LogP contribution in [0.4, 0.5) is 11.6 Å². The van der Waals surface area contributed by atoms with E-state index in [4.69, 9.17) is 0 Å². The van der Waals surface area contributed by atoms with Crippen molar-refractivity contribution in [1.29, 1.82) is 0 Å². The molecule has 23 heavy (non-hydrogen) atoms. The molecular weight excluding hydrogens is 294 g/mol. The molecule has 0 saturated carbocycles. The molecule has 0 radical (unpaired) electrons. The molecule has 0 atom stereocenters. The standard InChI is InChI=1S/C15H17N7O/c1-10-4-5-12(16-8-10)17-15(23)9-21(3)14-7-6-13-19-18-11(2)22(13)20-14/h4-8H,9H2,1-3H3,(H,16,17,23). The third kappa shape index (κ3) is 3.25. The number of hydrogen-bond acceptors (Lipinski definition) is 6. The first-order valence-electron chi connectivity index (χ1n) is 7.15. The molecule has 0 bridgehead atoms. The van der Waals surface area contributed by atoms with Gasteiger partial charge in [0.15, 0.2) is 11.5 Å². The van der Waals surface area contributed by atoms with Gasteiger partial charge in [-0.3, -0.25) is 4.79 Å². The molecule has 3 aromatic rings. The number of anilines is 2. The summed E-state index contributed by atoms with van der Waals surface area (Å²) < 4.78 is 1.64. The second-order valence-electron chi connectivity index (χ2n) is 5.33. The van der Waals surface area contributed by atoms with Crippen LogP contribution in [0.3, 0.4) is 0 Å². The number of carbonyl (C=O) groups excluding carboxylic acids is 1. The highest BCUT2D eigenvalue weighted by Gasteiger charge is 2.11. The van der Waals surface area contributed by atoms with Crippen LogP contribution in [0.15, 0.2) is 30.5 Å². The fourth-order valence-electron chi connectivity index (χ4n) is 2.11. The minimum atomic E-state index is -0.161. The highest BCUT2D eigenvalue weighted by molar-refractivity contribution is 5.93. The van der Waals surface area contributed by atoms with E-state index in [1.807, 2.05) is 26.0 Å². The molecule has 3 heterocycles. The molecule has 1 amide bonds. The number of carbonyl (C=O) groups is 1. The molecule has 0 saturated heterocycles. The highest BCUT2D eigenvalue weighted by Crippen LogP contribution is 2.11. The Morgan fingerprint density at radius 2 is 2.04 bits per heavy atom. The Morgan fingerprint density at radius 1 is 1.22 bits per heavy atom. The molecule has 8 nitrogen and oxygen atoms in total. The summed E-state index contributed by atoms with van der Waals surface area (Å²) in [5, 5.41) is 15.1. The summed E-state index contributed by atoms with van der Waals surface area (Å²) in [5.74, 6) is 1.73. The van der Waals surface area contributed by atoms with Gasteiger partial charge in [0.1, 0.15) is 11.6 Å². The summed E-state index contributed by atoms with van der Waals surface area (Å²) in [6, 6.07) is 7.30. The van der Waals surface area contributed by atoms with Crippen LogP contribution in [0.1, 0.15) is 11.4 Å². The number of nitrogens with one attached hydrogen (secondary N) is 1. The SMILES string of the molecule is Cc1ccc(NC(=O)CN(C)c2ccc3nnc(C)n3n2)nc1. The van der Waals surface area contributed by atoms with Crippen molar-refractivity contribution in [2.45, 2.75) is 13.8 Å². The minimum absolute atomic E-state index is 0.161. The predicted octanol–water partition coefficient (Wildman–Crippen LogP) is 1.21. The van der Waals surface area contributed by atoms with E-state index in [-0.39, 0.29) is 12.5 Å². The van der Waals surface area contributed by atoms with Crippen molar-refractivity contribution in [2.75, 3.05) is 23.8 Å². The van der Waals surface area contributed by atoms with Crippen molar-refractivity contribution >= 4 is 23.2 Å². The van der Waals surface area contributed by atoms with Gasteiger partial charge < -0.3 is 10.2 Å². The largest absolute Gasteiger partial charge is 0.349 e. The van der Waals surface area contributed by atoms with Crippen LogP contribution >= 0.6 is 0 Å². The van der Waals surface area contributed by atoms with Crippen LogP contribution < -0.4 is 10.2 Å². The first-order valence-corrected chi connectivity index (χ1v) is 7.15. The molecule has 0 unspecified atom stereocenters. The van der Waals surface area contributed by atoms with E-state index in [0.29, 0.717) is 23.1 Å². The third-order valence-corrected chi connectivity index (χ3v) is 3.36. The quantitative estimate of drug-likeness (QED) is 0.779. The minimum Gasteiger partial charge on any atom is -0.349 e. The Balaban J connectivity index is 1.69. The highest BCUT2D eigenvalue weighted by atomic mass is 16.2. The van der Waals surface area contributed by atoms with E-state index in [9.17, 15) is 4.79 Å². The summed E-state index contributed by atoms with van der Waals surface area (Å²) in [5.41, 5.74) is 1.72. The van der Waals surface area contributed by atoms with E-state index >= 15 is 0 Å². The van der Waals surface area contributed by atoms with Crippen molar-refractivity contribution in [3.63, 3.8) is 0 Å². The summed E-state index contributed by atoms with van der Waals surface area (Å²) in [6.07, 6.45) is 1.71. The molecule has 0 fully saturated rings. The lowest BCUT2D eigenvalue weighted by Gasteiger charge is -2.17. The molecule has 0 spiro atoms. The number of nitrogens with zero attached hydrogens (tertiary/aromatic N) is 6. The van der Waals surface area contributed by atoms with Crippen LogP contribution in [0.2, 0.25) is 0 Å². The smallest absolute Gasteiger partial charge is 0.245 e. The first kappa shape index (κ1) is 14.9. The predicted molar refractivity (Wildman–Crippen MR) is 86.4 cm³/mol. The summed E-state index contributed by atoms with van der Waals surface area (Å²) in [7, 11) is 1.80. The van der Waals surface area contributed by atoms with Crippen LogP contribution in [-0.2, 0) is 4.79 Å². The molecule has 1 N–H and O–H groups in total. The van der Waals surface area contributed by atoms with Gasteiger partial charge in [-0.15, -0.1) is 15.3 Å². The topological polar surface area (TPSA) is 88.3 Å². The molecule has 0 aliphatic rings. The summed E-state index contributed by atoms with van der Waals surface area (Å²) in [4.78, 5) is 18.0. The van der Waals surface area contributed by atoms with E-state index in [1.165, 1.54) is 0 Å². The normalized spacial score (nSPS) is 10.7. The molecule has 0 aliphatic heterocycles. The van der Waals surface area contributed by atoms with Gasteiger partial charge in [-0.05, 0) is 37.6 Å². The average molecular weight is 311 g/mol. The number of likely N-dealkylation sites (N-methyl/N-ethyl adjacent to an activating group) is 1. The van der Waals surface area contributed by atoms with Crippen molar-refractivity contribution in [1.82, 2.24) is 24.8 Å². The molecule has 0 aromatic carbocycles. The molecule has 118 valence electrons. The van der Waals surface area contributed by atoms with Gasteiger partial charge in [-0.25, -0.2) is 4.98 Å². The van der Waals surface area contributed by atoms with E-state index in [0.717, 1.165) is 5.56 Å². The van der Waals surface area contributed by atoms with Gasteiger partial charge in [0.2, 0.25) is 5.91 Å². The lowest BCUT2D eigenvalue weighted by atomic mass is 10.3. The van der Waals surface area contributed by atoms with Gasteiger partial charge in [0.05, 0.1) is 6.54 Å². The van der Waals surface area contributed by atoms with Crippen LogP contribution in [0, 0.1) is 13.8 Å². The number of amides is 1. The van der Waals surface area contributed by atoms with Crippen LogP contribution in [-0.4, -0.2) is 44.3 Å². The van der Waals surface area contributed by atoms with Gasteiger partial charge >= 0.3 is 0 Å². The van der Waals surface area contributed by atoms with Gasteiger partial charge in [0.25, 0.3) is 0 Å². The van der Waals surface area contributed by atoms with Crippen molar-refractivity contribution in [3.8, 4) is 0 Å². The van der Waals surface area contributed by atoms with E-state index < -0.39 is 0 Å². The van der Waals surface area contributed by atoms with Crippen LogP contribution in [0.5, 0.6) is 0 Å². The lowest BCUT2D eigenvalue weighted by molar-refractivity contribution is -0.114. The Labute approximate surface area is 133 Å². The monoisotopic (exact) mass is 311 g/mol. The molecule has 0 aliphatic carbocycles. The molecular formula is C15H17N7O. The Bertz CT molecular complexity index is 841. The van der Waals surface area contributed by atoms with Gasteiger partial charge in [0, 0.05) is 13.2 Å².